The summed E-state index contributed by atoms with van der Waals surface area (Å²) in [5.74, 6) is 0.139. The van der Waals surface area contributed by atoms with E-state index in [0.717, 1.165) is 18.6 Å². The lowest BCUT2D eigenvalue weighted by Gasteiger charge is -2.36. The molecule has 1 N–H and O–H groups in total. The largest absolute Gasteiger partial charge is 0.481 e. The lowest BCUT2D eigenvalue weighted by atomic mass is 9.67. The van der Waals surface area contributed by atoms with Crippen LogP contribution in [0.5, 0.6) is 0 Å². The molecule has 1 aromatic rings. The summed E-state index contributed by atoms with van der Waals surface area (Å²) >= 11 is 0. The molecule has 0 fully saturated rings. The second kappa shape index (κ2) is 3.40. The number of furan rings is 1. The summed E-state index contributed by atoms with van der Waals surface area (Å²) < 4.78 is 5.44. The number of hydrogen-bond donors (Lipinski definition) is 1. The van der Waals surface area contributed by atoms with Crippen molar-refractivity contribution in [3.8, 4) is 0 Å². The summed E-state index contributed by atoms with van der Waals surface area (Å²) in [4.78, 5) is 10.8. The predicted octanol–water partition coefficient (Wildman–Crippen LogP) is 2.81. The number of rotatable bonds is 2. The van der Waals surface area contributed by atoms with Crippen LogP contribution in [0.4, 0.5) is 0 Å². The Morgan fingerprint density at radius 1 is 1.67 bits per heavy atom. The van der Waals surface area contributed by atoms with Gasteiger partial charge in [-0.1, -0.05) is 13.8 Å². The molecule has 0 amide bonds. The van der Waals surface area contributed by atoms with Crippen molar-refractivity contribution in [2.24, 2.45) is 5.41 Å². The maximum atomic E-state index is 10.8. The lowest BCUT2D eigenvalue weighted by molar-refractivity contribution is -0.138. The Morgan fingerprint density at radius 3 is 3.07 bits per heavy atom. The number of carbonyl (C=O) groups is 1. The zero-order valence-electron chi connectivity index (χ0n) is 9.12. The van der Waals surface area contributed by atoms with Crippen LogP contribution in [-0.4, -0.2) is 11.1 Å². The Morgan fingerprint density at radius 2 is 2.40 bits per heavy atom. The fraction of sp³-hybridized carbons (Fsp3) is 0.583. The van der Waals surface area contributed by atoms with E-state index in [0.29, 0.717) is 0 Å². The van der Waals surface area contributed by atoms with E-state index in [9.17, 15) is 4.79 Å². The molecule has 0 radical (unpaired) electrons. The highest BCUT2D eigenvalue weighted by molar-refractivity contribution is 5.68. The molecule has 0 aromatic carbocycles. The number of carboxylic acids is 1. The monoisotopic (exact) mass is 208 g/mol. The van der Waals surface area contributed by atoms with Crippen LogP contribution in [0.15, 0.2) is 16.7 Å². The summed E-state index contributed by atoms with van der Waals surface area (Å²) in [5.41, 5.74) is 1.20. The first-order chi connectivity index (χ1) is 7.00. The van der Waals surface area contributed by atoms with Gasteiger partial charge in [0.1, 0.15) is 5.76 Å². The predicted molar refractivity (Wildman–Crippen MR) is 55.8 cm³/mol. The smallest absolute Gasteiger partial charge is 0.304 e. The van der Waals surface area contributed by atoms with Crippen molar-refractivity contribution in [3.05, 3.63) is 23.7 Å². The minimum atomic E-state index is -0.752. The summed E-state index contributed by atoms with van der Waals surface area (Å²) in [6.45, 7) is 4.23. The first kappa shape index (κ1) is 10.3. The molecule has 2 rings (SSSR count). The molecule has 0 spiro atoms. The number of fused-ring (bicyclic) bond motifs is 1. The van der Waals surface area contributed by atoms with Crippen molar-refractivity contribution in [3.63, 3.8) is 0 Å². The molecule has 15 heavy (non-hydrogen) atoms. The van der Waals surface area contributed by atoms with Gasteiger partial charge in [0.2, 0.25) is 0 Å². The van der Waals surface area contributed by atoms with E-state index in [1.165, 1.54) is 5.56 Å². The Balaban J connectivity index is 2.35. The van der Waals surface area contributed by atoms with Crippen molar-refractivity contribution >= 4 is 5.97 Å². The highest BCUT2D eigenvalue weighted by atomic mass is 16.4. The lowest BCUT2D eigenvalue weighted by Crippen LogP contribution is -2.29. The molecule has 1 aliphatic rings. The van der Waals surface area contributed by atoms with Crippen molar-refractivity contribution in [1.82, 2.24) is 0 Å². The molecular formula is C12H16O3. The summed E-state index contributed by atoms with van der Waals surface area (Å²) in [6.07, 6.45) is 3.85. The third kappa shape index (κ3) is 1.78. The van der Waals surface area contributed by atoms with Crippen LogP contribution in [0.1, 0.15) is 43.9 Å². The SMILES string of the molecule is CC1(C)CCc2ccoc2C1CC(=O)O. The highest BCUT2D eigenvalue weighted by Crippen LogP contribution is 2.47. The number of carboxylic acid groups (broad SMARTS) is 1. The maximum absolute atomic E-state index is 10.8. The number of aryl methyl sites for hydroxylation is 1. The van der Waals surface area contributed by atoms with Crippen LogP contribution in [0.25, 0.3) is 0 Å². The molecular weight excluding hydrogens is 192 g/mol. The van der Waals surface area contributed by atoms with Crippen LogP contribution in [0.2, 0.25) is 0 Å². The zero-order chi connectivity index (χ0) is 11.1. The van der Waals surface area contributed by atoms with Gasteiger partial charge in [-0.3, -0.25) is 4.79 Å². The summed E-state index contributed by atoms with van der Waals surface area (Å²) in [6, 6.07) is 1.96. The van der Waals surface area contributed by atoms with E-state index in [4.69, 9.17) is 9.52 Å². The fourth-order valence-electron chi connectivity index (χ4n) is 2.39. The minimum Gasteiger partial charge on any atom is -0.481 e. The standard InChI is InChI=1S/C12H16O3/c1-12(2)5-3-8-4-6-15-11(8)9(12)7-10(13)14/h4,6,9H,3,5,7H2,1-2H3,(H,13,14). The van der Waals surface area contributed by atoms with E-state index in [1.807, 2.05) is 6.07 Å². The molecule has 1 atom stereocenters. The van der Waals surface area contributed by atoms with Gasteiger partial charge in [0, 0.05) is 5.92 Å². The first-order valence-corrected chi connectivity index (χ1v) is 5.29. The van der Waals surface area contributed by atoms with Crippen LogP contribution in [-0.2, 0) is 11.2 Å². The van der Waals surface area contributed by atoms with Crippen molar-refractivity contribution < 1.29 is 14.3 Å². The maximum Gasteiger partial charge on any atom is 0.304 e. The molecule has 3 heteroatoms. The Labute approximate surface area is 89.1 Å². The van der Waals surface area contributed by atoms with E-state index < -0.39 is 5.97 Å². The highest BCUT2D eigenvalue weighted by Gasteiger charge is 2.39. The zero-order valence-corrected chi connectivity index (χ0v) is 9.12. The topological polar surface area (TPSA) is 50.4 Å². The van der Waals surface area contributed by atoms with Gasteiger partial charge in [-0.25, -0.2) is 0 Å². The Bertz CT molecular complexity index is 376. The van der Waals surface area contributed by atoms with E-state index >= 15 is 0 Å². The minimum absolute atomic E-state index is 0.00810. The molecule has 0 saturated carbocycles. The Kier molecular flexibility index (Phi) is 2.33. The van der Waals surface area contributed by atoms with Gasteiger partial charge in [-0.15, -0.1) is 0 Å². The van der Waals surface area contributed by atoms with Crippen LogP contribution < -0.4 is 0 Å². The average molecular weight is 208 g/mol. The van der Waals surface area contributed by atoms with E-state index in [2.05, 4.69) is 13.8 Å². The summed E-state index contributed by atoms with van der Waals surface area (Å²) in [5, 5.41) is 8.92. The van der Waals surface area contributed by atoms with Gasteiger partial charge in [-0.2, -0.15) is 0 Å². The van der Waals surface area contributed by atoms with Crippen molar-refractivity contribution in [1.29, 1.82) is 0 Å². The van der Waals surface area contributed by atoms with Gasteiger partial charge in [-0.05, 0) is 29.9 Å². The summed E-state index contributed by atoms with van der Waals surface area (Å²) in [7, 11) is 0. The third-order valence-corrected chi connectivity index (χ3v) is 3.46. The normalized spacial score (nSPS) is 23.5. The molecule has 1 heterocycles. The first-order valence-electron chi connectivity index (χ1n) is 5.29. The van der Waals surface area contributed by atoms with Gasteiger partial charge in [0.15, 0.2) is 0 Å². The van der Waals surface area contributed by atoms with Crippen LogP contribution >= 0.6 is 0 Å². The average Bonchev–Trinajstić information content (AvgIpc) is 2.57. The third-order valence-electron chi connectivity index (χ3n) is 3.46. The van der Waals surface area contributed by atoms with Gasteiger partial charge < -0.3 is 9.52 Å². The number of aliphatic carboxylic acids is 1. The quantitative estimate of drug-likeness (QED) is 0.813. The number of hydrogen-bond acceptors (Lipinski definition) is 2. The van der Waals surface area contributed by atoms with Gasteiger partial charge >= 0.3 is 5.97 Å². The molecule has 1 unspecified atom stereocenters. The molecule has 0 bridgehead atoms. The molecule has 82 valence electrons. The van der Waals surface area contributed by atoms with Crippen LogP contribution in [0, 0.1) is 5.41 Å². The van der Waals surface area contributed by atoms with Crippen molar-refractivity contribution in [2.45, 2.75) is 39.0 Å². The molecule has 1 aromatic heterocycles. The van der Waals surface area contributed by atoms with E-state index in [-0.39, 0.29) is 17.8 Å². The second-order valence-electron chi connectivity index (χ2n) is 4.95. The van der Waals surface area contributed by atoms with Gasteiger partial charge in [0.05, 0.1) is 12.7 Å². The molecule has 1 aliphatic carbocycles. The molecule has 3 nitrogen and oxygen atoms in total. The molecule has 0 aliphatic heterocycles. The Hall–Kier alpha value is -1.25. The van der Waals surface area contributed by atoms with Crippen molar-refractivity contribution in [2.75, 3.05) is 0 Å². The van der Waals surface area contributed by atoms with E-state index in [1.54, 1.807) is 6.26 Å². The second-order valence-corrected chi connectivity index (χ2v) is 4.95. The molecule has 0 saturated heterocycles. The van der Waals surface area contributed by atoms with Gasteiger partial charge in [0.25, 0.3) is 0 Å². The van der Waals surface area contributed by atoms with Crippen LogP contribution in [0.3, 0.4) is 0 Å². The fourth-order valence-corrected chi connectivity index (χ4v) is 2.39.